The van der Waals surface area contributed by atoms with Gasteiger partial charge in [0.05, 0.1) is 0 Å². The minimum atomic E-state index is -0.786. The Morgan fingerprint density at radius 3 is 2.80 bits per heavy atom. The molecule has 0 amide bonds. The number of nitrogens with two attached hydrogens (primary N) is 1. The van der Waals surface area contributed by atoms with Crippen LogP contribution in [0.3, 0.4) is 0 Å². The van der Waals surface area contributed by atoms with E-state index in [1.165, 1.54) is 11.8 Å². The summed E-state index contributed by atoms with van der Waals surface area (Å²) in [6, 6.07) is 5.37. The predicted octanol–water partition coefficient (Wildman–Crippen LogP) is 2.99. The van der Waals surface area contributed by atoms with Crippen LogP contribution in [0.1, 0.15) is 13.3 Å². The molecule has 0 aliphatic carbocycles. The molecule has 0 spiro atoms. The zero-order valence-corrected chi connectivity index (χ0v) is 10.6. The van der Waals surface area contributed by atoms with Gasteiger partial charge < -0.3 is 10.8 Å². The van der Waals surface area contributed by atoms with E-state index in [-0.39, 0.29) is 0 Å². The number of halogens is 1. The van der Waals surface area contributed by atoms with Gasteiger partial charge in [-0.2, -0.15) is 0 Å². The van der Waals surface area contributed by atoms with Crippen molar-refractivity contribution in [3.63, 3.8) is 0 Å². The van der Waals surface area contributed by atoms with Crippen molar-refractivity contribution in [2.75, 3.05) is 5.73 Å². The lowest BCUT2D eigenvalue weighted by Crippen LogP contribution is -2.14. The highest BCUT2D eigenvalue weighted by molar-refractivity contribution is 9.10. The summed E-state index contributed by atoms with van der Waals surface area (Å²) in [5.74, 6) is -0.786. The van der Waals surface area contributed by atoms with Crippen molar-refractivity contribution in [1.29, 1.82) is 0 Å². The second kappa shape index (κ2) is 5.42. The van der Waals surface area contributed by atoms with Crippen molar-refractivity contribution in [3.05, 3.63) is 22.7 Å². The summed E-state index contributed by atoms with van der Waals surface area (Å²) in [5.41, 5.74) is 6.26. The van der Waals surface area contributed by atoms with Crippen molar-refractivity contribution in [1.82, 2.24) is 0 Å². The van der Waals surface area contributed by atoms with Crippen LogP contribution in [-0.2, 0) is 4.79 Å². The largest absolute Gasteiger partial charge is 0.480 e. The molecule has 0 fully saturated rings. The molecule has 3 N–H and O–H groups in total. The minimum absolute atomic E-state index is 0.412. The SMILES string of the molecule is CCC(Sc1ccc(N)cc1Br)C(=O)O. The van der Waals surface area contributed by atoms with Gasteiger partial charge in [0.1, 0.15) is 5.25 Å². The fourth-order valence-electron chi connectivity index (χ4n) is 1.07. The van der Waals surface area contributed by atoms with Crippen LogP contribution < -0.4 is 5.73 Å². The monoisotopic (exact) mass is 289 g/mol. The van der Waals surface area contributed by atoms with E-state index in [9.17, 15) is 4.79 Å². The number of hydrogen-bond donors (Lipinski definition) is 2. The van der Waals surface area contributed by atoms with Crippen molar-refractivity contribution < 1.29 is 9.90 Å². The Bertz CT molecular complexity index is 370. The lowest BCUT2D eigenvalue weighted by molar-refractivity contribution is -0.136. The highest BCUT2D eigenvalue weighted by Gasteiger charge is 2.17. The third-order valence-corrected chi connectivity index (χ3v) is 4.22. The first-order valence-corrected chi connectivity index (χ1v) is 6.16. The van der Waals surface area contributed by atoms with Gasteiger partial charge in [0.25, 0.3) is 0 Å². The first-order chi connectivity index (χ1) is 7.04. The molecule has 0 saturated carbocycles. The molecule has 0 heterocycles. The molecule has 15 heavy (non-hydrogen) atoms. The van der Waals surface area contributed by atoms with Crippen LogP contribution in [0.2, 0.25) is 0 Å². The van der Waals surface area contributed by atoms with Gasteiger partial charge in [-0.3, -0.25) is 4.79 Å². The molecule has 1 aromatic carbocycles. The minimum Gasteiger partial charge on any atom is -0.480 e. The summed E-state index contributed by atoms with van der Waals surface area (Å²) in [6.45, 7) is 1.86. The van der Waals surface area contributed by atoms with E-state index in [4.69, 9.17) is 10.8 Å². The lowest BCUT2D eigenvalue weighted by atomic mass is 10.3. The Balaban J connectivity index is 2.84. The van der Waals surface area contributed by atoms with Crippen molar-refractivity contribution in [3.8, 4) is 0 Å². The van der Waals surface area contributed by atoms with Gasteiger partial charge in [-0.15, -0.1) is 11.8 Å². The standard InChI is InChI=1S/C10H12BrNO2S/c1-2-8(10(13)14)15-9-4-3-6(12)5-7(9)11/h3-5,8H,2,12H2,1H3,(H,13,14). The summed E-state index contributed by atoms with van der Waals surface area (Å²) in [5, 5.41) is 8.51. The molecule has 1 unspecified atom stereocenters. The topological polar surface area (TPSA) is 63.3 Å². The van der Waals surface area contributed by atoms with Gasteiger partial charge in [0.2, 0.25) is 0 Å². The number of aliphatic carboxylic acids is 1. The van der Waals surface area contributed by atoms with Crippen molar-refractivity contribution in [2.24, 2.45) is 0 Å². The fraction of sp³-hybridized carbons (Fsp3) is 0.300. The van der Waals surface area contributed by atoms with Gasteiger partial charge in [-0.1, -0.05) is 6.92 Å². The van der Waals surface area contributed by atoms with E-state index in [2.05, 4.69) is 15.9 Å². The van der Waals surface area contributed by atoms with Gasteiger partial charge in [0, 0.05) is 15.1 Å². The van der Waals surface area contributed by atoms with E-state index in [0.29, 0.717) is 12.1 Å². The molecule has 0 bridgehead atoms. The normalized spacial score (nSPS) is 12.4. The Morgan fingerprint density at radius 1 is 1.67 bits per heavy atom. The average Bonchev–Trinajstić information content (AvgIpc) is 2.16. The molecular formula is C10H12BrNO2S. The lowest BCUT2D eigenvalue weighted by Gasteiger charge is -2.10. The highest BCUT2D eigenvalue weighted by Crippen LogP contribution is 2.33. The van der Waals surface area contributed by atoms with Gasteiger partial charge in [-0.05, 0) is 40.5 Å². The number of rotatable bonds is 4. The van der Waals surface area contributed by atoms with Crippen molar-refractivity contribution in [2.45, 2.75) is 23.5 Å². The van der Waals surface area contributed by atoms with Crippen LogP contribution in [0.5, 0.6) is 0 Å². The molecule has 0 radical (unpaired) electrons. The highest BCUT2D eigenvalue weighted by atomic mass is 79.9. The summed E-state index contributed by atoms with van der Waals surface area (Å²) < 4.78 is 0.840. The van der Waals surface area contributed by atoms with Crippen LogP contribution >= 0.6 is 27.7 Å². The first-order valence-electron chi connectivity index (χ1n) is 4.49. The first kappa shape index (κ1) is 12.4. The number of anilines is 1. The molecule has 1 aromatic rings. The number of thioether (sulfide) groups is 1. The van der Waals surface area contributed by atoms with E-state index in [1.54, 1.807) is 12.1 Å². The average molecular weight is 290 g/mol. The number of carboxylic acids is 1. The second-order valence-electron chi connectivity index (χ2n) is 3.04. The molecule has 0 aliphatic heterocycles. The Hall–Kier alpha value is -0.680. The van der Waals surface area contributed by atoms with E-state index >= 15 is 0 Å². The number of benzene rings is 1. The van der Waals surface area contributed by atoms with E-state index < -0.39 is 11.2 Å². The molecule has 82 valence electrons. The van der Waals surface area contributed by atoms with Crippen LogP contribution in [-0.4, -0.2) is 16.3 Å². The Kier molecular flexibility index (Phi) is 4.47. The third-order valence-electron chi connectivity index (χ3n) is 1.87. The number of hydrogen-bond acceptors (Lipinski definition) is 3. The molecule has 5 heteroatoms. The number of carboxylic acid groups (broad SMARTS) is 1. The molecule has 0 aromatic heterocycles. The number of nitrogen functional groups attached to an aromatic ring is 1. The Labute approximate surface area is 101 Å². The van der Waals surface area contributed by atoms with Gasteiger partial charge in [-0.25, -0.2) is 0 Å². The maximum atomic E-state index is 10.9. The quantitative estimate of drug-likeness (QED) is 0.661. The molecule has 0 aliphatic rings. The summed E-state index contributed by atoms with van der Waals surface area (Å²) >= 11 is 4.69. The predicted molar refractivity (Wildman–Crippen MR) is 66.1 cm³/mol. The van der Waals surface area contributed by atoms with Crippen LogP contribution in [0.15, 0.2) is 27.6 Å². The number of carbonyl (C=O) groups is 1. The van der Waals surface area contributed by atoms with Gasteiger partial charge in [0.15, 0.2) is 0 Å². The second-order valence-corrected chi connectivity index (χ2v) is 5.14. The fourth-order valence-corrected chi connectivity index (χ4v) is 2.64. The molecule has 1 rings (SSSR count). The maximum absolute atomic E-state index is 10.9. The van der Waals surface area contributed by atoms with Gasteiger partial charge >= 0.3 is 5.97 Å². The Morgan fingerprint density at radius 2 is 2.33 bits per heavy atom. The maximum Gasteiger partial charge on any atom is 0.316 e. The van der Waals surface area contributed by atoms with E-state index in [0.717, 1.165) is 9.37 Å². The molecular weight excluding hydrogens is 278 g/mol. The third kappa shape index (κ3) is 3.43. The zero-order chi connectivity index (χ0) is 11.4. The summed E-state index contributed by atoms with van der Waals surface area (Å²) in [6.07, 6.45) is 0.594. The zero-order valence-electron chi connectivity index (χ0n) is 8.24. The molecule has 1 atom stereocenters. The van der Waals surface area contributed by atoms with E-state index in [1.807, 2.05) is 13.0 Å². The molecule has 3 nitrogen and oxygen atoms in total. The summed E-state index contributed by atoms with van der Waals surface area (Å²) in [4.78, 5) is 11.8. The van der Waals surface area contributed by atoms with Crippen LogP contribution in [0.4, 0.5) is 5.69 Å². The summed E-state index contributed by atoms with van der Waals surface area (Å²) in [7, 11) is 0. The van der Waals surface area contributed by atoms with Crippen LogP contribution in [0, 0.1) is 0 Å². The van der Waals surface area contributed by atoms with Crippen molar-refractivity contribution >= 4 is 39.3 Å². The molecule has 0 saturated heterocycles. The smallest absolute Gasteiger partial charge is 0.316 e. The van der Waals surface area contributed by atoms with Crippen LogP contribution in [0.25, 0.3) is 0 Å².